The third-order valence-electron chi connectivity index (χ3n) is 1.27. The van der Waals surface area contributed by atoms with Crippen LogP contribution < -0.4 is 0 Å². The highest BCUT2D eigenvalue weighted by molar-refractivity contribution is 9.16. The number of alkyl halides is 2. The summed E-state index contributed by atoms with van der Waals surface area (Å²) in [6.07, 6.45) is 3.46. The van der Waals surface area contributed by atoms with Crippen molar-refractivity contribution < 1.29 is 5.11 Å². The predicted molar refractivity (Wildman–Crippen MR) is 60.6 cm³/mol. The molecular weight excluding hydrogens is 408 g/mol. The minimum atomic E-state index is -0.997. The van der Waals surface area contributed by atoms with Gasteiger partial charge in [0.05, 0.1) is 4.83 Å². The molecule has 0 aromatic heterocycles. The third kappa shape index (κ3) is 2.18. The predicted octanol–water partition coefficient (Wildman–Crippen LogP) is 3.40. The fourth-order valence-electron chi connectivity index (χ4n) is 0.653. The second kappa shape index (κ2) is 3.62. The van der Waals surface area contributed by atoms with Gasteiger partial charge in [0.1, 0.15) is 0 Å². The van der Waals surface area contributed by atoms with Gasteiger partial charge in [0.25, 0.3) is 0 Å². The van der Waals surface area contributed by atoms with E-state index in [4.69, 9.17) is 0 Å². The molecule has 62 valence electrons. The molecule has 2 atom stereocenters. The smallest absolute Gasteiger partial charge is 0.155 e. The molecule has 0 aliphatic heterocycles. The lowest BCUT2D eigenvalue weighted by Gasteiger charge is -2.26. The van der Waals surface area contributed by atoms with Gasteiger partial charge in [0.2, 0.25) is 0 Å². The summed E-state index contributed by atoms with van der Waals surface area (Å²) >= 11 is 13.2. The molecule has 1 aliphatic carbocycles. The average molecular weight is 412 g/mol. The molecule has 0 radical (unpaired) electrons. The highest BCUT2D eigenvalue weighted by Crippen LogP contribution is 2.41. The molecule has 0 bridgehead atoms. The van der Waals surface area contributed by atoms with E-state index in [1.165, 1.54) is 0 Å². The van der Waals surface area contributed by atoms with Crippen LogP contribution in [0.4, 0.5) is 0 Å². The van der Waals surface area contributed by atoms with E-state index in [9.17, 15) is 5.11 Å². The average Bonchev–Trinajstić information content (AvgIpc) is 1.95. The highest BCUT2D eigenvalue weighted by Gasteiger charge is 2.34. The van der Waals surface area contributed by atoms with E-state index < -0.39 is 4.51 Å². The molecule has 2 unspecified atom stereocenters. The van der Waals surface area contributed by atoms with Crippen LogP contribution in [0.3, 0.4) is 0 Å². The van der Waals surface area contributed by atoms with Crippen molar-refractivity contribution in [3.05, 3.63) is 21.1 Å². The van der Waals surface area contributed by atoms with Gasteiger partial charge < -0.3 is 5.11 Å². The van der Waals surface area contributed by atoms with Crippen LogP contribution in [0.15, 0.2) is 21.1 Å². The van der Waals surface area contributed by atoms with E-state index in [2.05, 4.69) is 63.7 Å². The van der Waals surface area contributed by atoms with E-state index in [1.807, 2.05) is 0 Å². The van der Waals surface area contributed by atoms with Crippen LogP contribution in [-0.4, -0.2) is 14.4 Å². The van der Waals surface area contributed by atoms with Gasteiger partial charge >= 0.3 is 0 Å². The molecule has 0 heterocycles. The first-order valence-electron chi connectivity index (χ1n) is 2.75. The Kier molecular flexibility index (Phi) is 3.43. The Morgan fingerprint density at radius 3 is 2.45 bits per heavy atom. The summed E-state index contributed by atoms with van der Waals surface area (Å²) in [4.78, 5) is -0.158. The zero-order valence-corrected chi connectivity index (χ0v) is 11.5. The monoisotopic (exact) mass is 408 g/mol. The van der Waals surface area contributed by atoms with Gasteiger partial charge in [-0.1, -0.05) is 31.9 Å². The molecular formula is C6H4Br4O. The number of allylic oxidation sites excluding steroid dienone is 2. The first-order valence-corrected chi connectivity index (χ1v) is 6.04. The maximum absolute atomic E-state index is 9.63. The number of aliphatic hydroxyl groups is 1. The fraction of sp³-hybridized carbons (Fsp3) is 0.333. The van der Waals surface area contributed by atoms with Crippen molar-refractivity contribution in [2.24, 2.45) is 0 Å². The van der Waals surface area contributed by atoms with Gasteiger partial charge in [-0.05, 0) is 44.0 Å². The number of hydrogen-bond acceptors (Lipinski definition) is 1. The lowest BCUT2D eigenvalue weighted by Crippen LogP contribution is -2.31. The summed E-state index contributed by atoms with van der Waals surface area (Å²) in [6, 6.07) is 0. The maximum Gasteiger partial charge on any atom is 0.155 e. The first-order chi connectivity index (χ1) is 4.95. The first kappa shape index (κ1) is 10.4. The van der Waals surface area contributed by atoms with Crippen molar-refractivity contribution in [1.29, 1.82) is 0 Å². The quantitative estimate of drug-likeness (QED) is 0.606. The fourth-order valence-corrected chi connectivity index (χ4v) is 2.87. The molecule has 1 nitrogen and oxygen atoms in total. The lowest BCUT2D eigenvalue weighted by atomic mass is 10.1. The van der Waals surface area contributed by atoms with Crippen LogP contribution in [-0.2, 0) is 0 Å². The minimum Gasteiger partial charge on any atom is -0.374 e. The third-order valence-corrected chi connectivity index (χ3v) is 6.48. The molecule has 0 fully saturated rings. The molecule has 1 N–H and O–H groups in total. The zero-order chi connectivity index (χ0) is 8.65. The normalized spacial score (nSPS) is 38.1. The molecule has 1 rings (SSSR count). The number of rotatable bonds is 0. The van der Waals surface area contributed by atoms with Gasteiger partial charge in [0.15, 0.2) is 4.51 Å². The number of hydrogen-bond donors (Lipinski definition) is 1. The topological polar surface area (TPSA) is 20.2 Å². The van der Waals surface area contributed by atoms with E-state index in [1.54, 1.807) is 12.2 Å². The summed E-state index contributed by atoms with van der Waals surface area (Å²) in [5.41, 5.74) is 0. The van der Waals surface area contributed by atoms with Crippen LogP contribution in [0.25, 0.3) is 0 Å². The molecule has 0 aromatic carbocycles. The molecule has 0 amide bonds. The molecule has 5 heteroatoms. The minimum absolute atomic E-state index is 0.158. The molecule has 11 heavy (non-hydrogen) atoms. The van der Waals surface area contributed by atoms with E-state index >= 15 is 0 Å². The van der Waals surface area contributed by atoms with Crippen LogP contribution >= 0.6 is 63.7 Å². The Bertz CT molecular complexity index is 231. The van der Waals surface area contributed by atoms with Gasteiger partial charge in [-0.25, -0.2) is 0 Å². The summed E-state index contributed by atoms with van der Waals surface area (Å²) in [5, 5.41) is 9.63. The Morgan fingerprint density at radius 1 is 1.45 bits per heavy atom. The standard InChI is InChI=1S/C6H4Br4O/c7-3-1-2-6(10,11)5(9)4(3)8/h1-2,5,11H. The van der Waals surface area contributed by atoms with Crippen molar-refractivity contribution in [1.82, 2.24) is 0 Å². The second-order valence-electron chi connectivity index (χ2n) is 2.12. The van der Waals surface area contributed by atoms with Crippen LogP contribution in [0.2, 0.25) is 0 Å². The SMILES string of the molecule is OC1(Br)C=CC(Br)=C(Br)C1Br. The Labute approximate surface area is 98.4 Å². The van der Waals surface area contributed by atoms with Crippen LogP contribution in [0, 0.1) is 0 Å². The largest absolute Gasteiger partial charge is 0.374 e. The molecule has 0 spiro atoms. The Balaban J connectivity index is 3.01. The zero-order valence-electron chi connectivity index (χ0n) is 5.19. The van der Waals surface area contributed by atoms with Crippen molar-refractivity contribution in [2.75, 3.05) is 0 Å². The number of halogens is 4. The summed E-state index contributed by atoms with van der Waals surface area (Å²) in [6.45, 7) is 0. The van der Waals surface area contributed by atoms with Crippen molar-refractivity contribution in [3.63, 3.8) is 0 Å². The molecule has 0 saturated heterocycles. The summed E-state index contributed by atoms with van der Waals surface area (Å²) < 4.78 is 0.825. The maximum atomic E-state index is 9.63. The van der Waals surface area contributed by atoms with Gasteiger partial charge in [-0.2, -0.15) is 0 Å². The van der Waals surface area contributed by atoms with E-state index in [0.29, 0.717) is 0 Å². The van der Waals surface area contributed by atoms with Crippen molar-refractivity contribution in [3.8, 4) is 0 Å². The molecule has 1 aliphatic rings. The molecule has 0 saturated carbocycles. The Morgan fingerprint density at radius 2 is 2.00 bits per heavy atom. The Hall–Kier alpha value is 1.36. The lowest BCUT2D eigenvalue weighted by molar-refractivity contribution is 0.203. The van der Waals surface area contributed by atoms with E-state index in [0.717, 1.165) is 8.96 Å². The van der Waals surface area contributed by atoms with Crippen molar-refractivity contribution in [2.45, 2.75) is 9.34 Å². The second-order valence-corrected chi connectivity index (χ2v) is 6.01. The van der Waals surface area contributed by atoms with Gasteiger partial charge in [0, 0.05) is 8.96 Å². The van der Waals surface area contributed by atoms with Crippen LogP contribution in [0.1, 0.15) is 0 Å². The van der Waals surface area contributed by atoms with Gasteiger partial charge in [-0.3, -0.25) is 0 Å². The van der Waals surface area contributed by atoms with E-state index in [-0.39, 0.29) is 4.83 Å². The highest BCUT2D eigenvalue weighted by atomic mass is 79.9. The van der Waals surface area contributed by atoms with Crippen LogP contribution in [0.5, 0.6) is 0 Å². The van der Waals surface area contributed by atoms with Gasteiger partial charge in [-0.15, -0.1) is 0 Å². The summed E-state index contributed by atoms with van der Waals surface area (Å²) in [5.74, 6) is 0. The summed E-state index contributed by atoms with van der Waals surface area (Å²) in [7, 11) is 0. The van der Waals surface area contributed by atoms with Crippen molar-refractivity contribution >= 4 is 63.7 Å². The molecule has 0 aromatic rings.